The summed E-state index contributed by atoms with van der Waals surface area (Å²) in [5, 5.41) is 8.55. The highest BCUT2D eigenvalue weighted by Gasteiger charge is 2.15. The molecule has 0 saturated carbocycles. The lowest BCUT2D eigenvalue weighted by molar-refractivity contribution is -0.138. The van der Waals surface area contributed by atoms with Crippen molar-refractivity contribution in [2.75, 3.05) is 13.2 Å². The van der Waals surface area contributed by atoms with E-state index in [1.807, 2.05) is 0 Å². The molecule has 3 N–H and O–H groups in total. The summed E-state index contributed by atoms with van der Waals surface area (Å²) in [7, 11) is 0. The second-order valence-electron chi connectivity index (χ2n) is 3.75. The lowest BCUT2D eigenvalue weighted by Crippen LogP contribution is -2.29. The molecule has 5 nitrogen and oxygen atoms in total. The topological polar surface area (TPSA) is 81.8 Å². The molecule has 1 rings (SSSR count). The number of rotatable bonds is 7. The number of carbonyl (C=O) groups is 1. The number of hydrogen-bond acceptors (Lipinski definition) is 4. The minimum absolute atomic E-state index is 0.0434. The van der Waals surface area contributed by atoms with Gasteiger partial charge in [-0.25, -0.2) is 0 Å². The Morgan fingerprint density at radius 3 is 2.60 bits per heavy atom. The van der Waals surface area contributed by atoms with Crippen molar-refractivity contribution in [1.82, 2.24) is 0 Å². The van der Waals surface area contributed by atoms with Crippen molar-refractivity contribution in [1.29, 1.82) is 0 Å². The highest BCUT2D eigenvalue weighted by atomic mass is 16.7. The number of hydrogen-bond donors (Lipinski definition) is 2. The van der Waals surface area contributed by atoms with Gasteiger partial charge in [-0.05, 0) is 19.3 Å². The van der Waals surface area contributed by atoms with E-state index in [1.165, 1.54) is 0 Å². The third kappa shape index (κ3) is 5.11. The predicted molar refractivity (Wildman–Crippen MR) is 54.4 cm³/mol. The summed E-state index contributed by atoms with van der Waals surface area (Å²) in [5.74, 6) is -0.919. The Balaban J connectivity index is 1.90. The molecule has 1 atom stereocenters. The number of carboxylic acids is 1. The van der Waals surface area contributed by atoms with Crippen LogP contribution in [0.3, 0.4) is 0 Å². The van der Waals surface area contributed by atoms with Crippen molar-refractivity contribution in [3.8, 4) is 0 Å². The van der Waals surface area contributed by atoms with E-state index in [-0.39, 0.29) is 6.29 Å². The van der Waals surface area contributed by atoms with E-state index in [0.717, 1.165) is 25.7 Å². The fourth-order valence-electron chi connectivity index (χ4n) is 1.55. The smallest absolute Gasteiger partial charge is 0.320 e. The molecule has 5 heteroatoms. The van der Waals surface area contributed by atoms with Crippen molar-refractivity contribution in [2.24, 2.45) is 5.73 Å². The molecule has 1 aliphatic heterocycles. The van der Waals surface area contributed by atoms with Crippen molar-refractivity contribution >= 4 is 5.97 Å². The average molecular weight is 217 g/mol. The normalized spacial score (nSPS) is 19.3. The van der Waals surface area contributed by atoms with Crippen LogP contribution in [0.4, 0.5) is 0 Å². The first kappa shape index (κ1) is 12.4. The number of ether oxygens (including phenoxy) is 2. The van der Waals surface area contributed by atoms with Crippen LogP contribution in [0.5, 0.6) is 0 Å². The third-order valence-electron chi connectivity index (χ3n) is 2.46. The molecule has 1 fully saturated rings. The van der Waals surface area contributed by atoms with Gasteiger partial charge in [0.05, 0.1) is 13.2 Å². The maximum atomic E-state index is 10.4. The van der Waals surface area contributed by atoms with E-state index in [4.69, 9.17) is 20.3 Å². The zero-order chi connectivity index (χ0) is 11.1. The van der Waals surface area contributed by atoms with Gasteiger partial charge in [0.1, 0.15) is 6.04 Å². The van der Waals surface area contributed by atoms with E-state index >= 15 is 0 Å². The highest BCUT2D eigenvalue weighted by Crippen LogP contribution is 2.13. The second kappa shape index (κ2) is 6.76. The van der Waals surface area contributed by atoms with E-state index in [0.29, 0.717) is 19.6 Å². The first-order valence-corrected chi connectivity index (χ1v) is 5.41. The molecule has 0 bridgehead atoms. The monoisotopic (exact) mass is 217 g/mol. The molecule has 0 amide bonds. The minimum atomic E-state index is -0.919. The molecule has 15 heavy (non-hydrogen) atoms. The molecule has 0 radical (unpaired) electrons. The van der Waals surface area contributed by atoms with Gasteiger partial charge < -0.3 is 20.3 Å². The van der Waals surface area contributed by atoms with Gasteiger partial charge in [0.2, 0.25) is 0 Å². The van der Waals surface area contributed by atoms with Crippen LogP contribution in [0.15, 0.2) is 0 Å². The van der Waals surface area contributed by atoms with Crippen molar-refractivity contribution < 1.29 is 19.4 Å². The van der Waals surface area contributed by atoms with Gasteiger partial charge in [-0.3, -0.25) is 4.79 Å². The van der Waals surface area contributed by atoms with Gasteiger partial charge in [0, 0.05) is 0 Å². The lowest BCUT2D eigenvalue weighted by atomic mass is 10.1. The molecule has 0 spiro atoms. The van der Waals surface area contributed by atoms with Gasteiger partial charge in [0.15, 0.2) is 6.29 Å². The Hall–Kier alpha value is -0.650. The Labute approximate surface area is 89.5 Å². The van der Waals surface area contributed by atoms with Crippen LogP contribution >= 0.6 is 0 Å². The average Bonchev–Trinajstić information content (AvgIpc) is 2.69. The van der Waals surface area contributed by atoms with E-state index in [9.17, 15) is 4.79 Å². The molecule has 1 heterocycles. The zero-order valence-corrected chi connectivity index (χ0v) is 8.85. The van der Waals surface area contributed by atoms with Gasteiger partial charge in [-0.2, -0.15) is 0 Å². The van der Waals surface area contributed by atoms with Gasteiger partial charge in [0.25, 0.3) is 0 Å². The van der Waals surface area contributed by atoms with E-state index in [2.05, 4.69) is 0 Å². The molecule has 0 aromatic rings. The Morgan fingerprint density at radius 2 is 2.00 bits per heavy atom. The van der Waals surface area contributed by atoms with Crippen molar-refractivity contribution in [3.63, 3.8) is 0 Å². The van der Waals surface area contributed by atoms with E-state index in [1.54, 1.807) is 0 Å². The lowest BCUT2D eigenvalue weighted by Gasteiger charge is -2.09. The molecule has 0 aromatic carbocycles. The van der Waals surface area contributed by atoms with Crippen LogP contribution in [0, 0.1) is 0 Å². The van der Waals surface area contributed by atoms with Crippen molar-refractivity contribution in [2.45, 2.75) is 44.4 Å². The molecule has 88 valence electrons. The molecule has 0 unspecified atom stereocenters. The predicted octanol–water partition coefficient (Wildman–Crippen LogP) is 0.722. The van der Waals surface area contributed by atoms with Gasteiger partial charge in [-0.1, -0.05) is 12.8 Å². The first-order chi connectivity index (χ1) is 7.20. The molecule has 0 aliphatic carbocycles. The number of aliphatic carboxylic acids is 1. The highest BCUT2D eigenvalue weighted by molar-refractivity contribution is 5.72. The summed E-state index contributed by atoms with van der Waals surface area (Å²) in [4.78, 5) is 10.4. The van der Waals surface area contributed by atoms with Crippen LogP contribution in [0.1, 0.15) is 32.1 Å². The van der Waals surface area contributed by atoms with Gasteiger partial charge in [-0.15, -0.1) is 0 Å². The zero-order valence-electron chi connectivity index (χ0n) is 8.85. The third-order valence-corrected chi connectivity index (χ3v) is 2.46. The standard InChI is InChI=1S/C10H19NO4/c11-8(10(12)13)4-2-1-3-5-9-14-6-7-15-9/h8-9H,1-7,11H2,(H,12,13)/t8-/m0/s1. The summed E-state index contributed by atoms with van der Waals surface area (Å²) < 4.78 is 10.6. The molecule has 1 aliphatic rings. The number of unbranched alkanes of at least 4 members (excludes halogenated alkanes) is 2. The number of nitrogens with two attached hydrogens (primary N) is 1. The molecule has 1 saturated heterocycles. The fraction of sp³-hybridized carbons (Fsp3) is 0.900. The Kier molecular flexibility index (Phi) is 5.60. The van der Waals surface area contributed by atoms with Crippen LogP contribution in [0.25, 0.3) is 0 Å². The maximum Gasteiger partial charge on any atom is 0.320 e. The quantitative estimate of drug-likeness (QED) is 0.614. The van der Waals surface area contributed by atoms with Crippen LogP contribution in [-0.4, -0.2) is 36.6 Å². The van der Waals surface area contributed by atoms with Gasteiger partial charge >= 0.3 is 5.97 Å². The fourth-order valence-corrected chi connectivity index (χ4v) is 1.55. The largest absolute Gasteiger partial charge is 0.480 e. The SMILES string of the molecule is N[C@@H](CCCCCC1OCCO1)C(=O)O. The summed E-state index contributed by atoms with van der Waals surface area (Å²) >= 11 is 0. The second-order valence-corrected chi connectivity index (χ2v) is 3.75. The van der Waals surface area contributed by atoms with Crippen LogP contribution in [-0.2, 0) is 14.3 Å². The summed E-state index contributed by atoms with van der Waals surface area (Å²) in [6.45, 7) is 1.38. The summed E-state index contributed by atoms with van der Waals surface area (Å²) in [6, 6.07) is -0.719. The Bertz CT molecular complexity index is 192. The van der Waals surface area contributed by atoms with Crippen molar-refractivity contribution in [3.05, 3.63) is 0 Å². The maximum absolute atomic E-state index is 10.4. The summed E-state index contributed by atoms with van der Waals surface area (Å²) in [6.07, 6.45) is 4.21. The molecule has 0 aromatic heterocycles. The Morgan fingerprint density at radius 1 is 1.33 bits per heavy atom. The summed E-state index contributed by atoms with van der Waals surface area (Å²) in [5.41, 5.74) is 5.37. The minimum Gasteiger partial charge on any atom is -0.480 e. The molecular formula is C10H19NO4. The van der Waals surface area contributed by atoms with E-state index < -0.39 is 12.0 Å². The number of carboxylic acid groups (broad SMARTS) is 1. The first-order valence-electron chi connectivity index (χ1n) is 5.41. The van der Waals surface area contributed by atoms with Crippen LogP contribution < -0.4 is 5.73 Å². The molecular weight excluding hydrogens is 198 g/mol. The van der Waals surface area contributed by atoms with Crippen LogP contribution in [0.2, 0.25) is 0 Å².